The molecule has 2 rings (SSSR count). The van der Waals surface area contributed by atoms with Gasteiger partial charge in [-0.1, -0.05) is 35.9 Å². The fourth-order valence-electron chi connectivity index (χ4n) is 2.04. The third-order valence-electron chi connectivity index (χ3n) is 2.97. The second-order valence-corrected chi connectivity index (χ2v) is 4.48. The van der Waals surface area contributed by atoms with Crippen molar-refractivity contribution >= 4 is 11.6 Å². The SMILES string of the molecule is OC(c1ccc(Cl)cc1)C1CC=CCC1. The third kappa shape index (κ3) is 2.61. The van der Waals surface area contributed by atoms with Crippen molar-refractivity contribution in [2.75, 3.05) is 0 Å². The van der Waals surface area contributed by atoms with E-state index < -0.39 is 0 Å². The van der Waals surface area contributed by atoms with Crippen molar-refractivity contribution in [3.63, 3.8) is 0 Å². The minimum atomic E-state index is -0.354. The van der Waals surface area contributed by atoms with Crippen molar-refractivity contribution < 1.29 is 5.11 Å². The van der Waals surface area contributed by atoms with Crippen LogP contribution in [0.3, 0.4) is 0 Å². The summed E-state index contributed by atoms with van der Waals surface area (Å²) in [5.41, 5.74) is 0.972. The molecule has 1 aliphatic carbocycles. The first kappa shape index (κ1) is 10.7. The Morgan fingerprint density at radius 3 is 2.53 bits per heavy atom. The van der Waals surface area contributed by atoms with Crippen LogP contribution in [0.4, 0.5) is 0 Å². The number of hydrogen-bond donors (Lipinski definition) is 1. The second-order valence-electron chi connectivity index (χ2n) is 4.04. The standard InChI is InChI=1S/C13H15ClO/c14-12-8-6-11(7-9-12)13(15)10-4-2-1-3-5-10/h1-2,6-10,13,15H,3-5H2. The van der Waals surface area contributed by atoms with E-state index in [0.717, 1.165) is 29.8 Å². The topological polar surface area (TPSA) is 20.2 Å². The molecular weight excluding hydrogens is 208 g/mol. The Bertz CT molecular complexity index is 342. The number of benzene rings is 1. The highest BCUT2D eigenvalue weighted by molar-refractivity contribution is 6.30. The van der Waals surface area contributed by atoms with Crippen LogP contribution in [0.1, 0.15) is 30.9 Å². The molecule has 0 aliphatic heterocycles. The summed E-state index contributed by atoms with van der Waals surface area (Å²) in [5, 5.41) is 10.9. The summed E-state index contributed by atoms with van der Waals surface area (Å²) in [6, 6.07) is 7.48. The first-order chi connectivity index (χ1) is 7.27. The zero-order valence-electron chi connectivity index (χ0n) is 8.57. The number of allylic oxidation sites excluding steroid dienone is 2. The Balaban J connectivity index is 2.09. The number of aliphatic hydroxyl groups is 1. The molecule has 0 bridgehead atoms. The van der Waals surface area contributed by atoms with Crippen molar-refractivity contribution in [3.05, 3.63) is 47.0 Å². The quantitative estimate of drug-likeness (QED) is 0.756. The van der Waals surface area contributed by atoms with Crippen molar-refractivity contribution in [1.29, 1.82) is 0 Å². The first-order valence-corrected chi connectivity index (χ1v) is 5.73. The lowest BCUT2D eigenvalue weighted by atomic mass is 9.86. The number of rotatable bonds is 2. The van der Waals surface area contributed by atoms with Crippen LogP contribution in [-0.2, 0) is 0 Å². The zero-order valence-corrected chi connectivity index (χ0v) is 9.32. The lowest BCUT2D eigenvalue weighted by molar-refractivity contribution is 0.102. The van der Waals surface area contributed by atoms with Gasteiger partial charge in [0, 0.05) is 5.02 Å². The van der Waals surface area contributed by atoms with Gasteiger partial charge in [-0.25, -0.2) is 0 Å². The van der Waals surface area contributed by atoms with Crippen molar-refractivity contribution in [3.8, 4) is 0 Å². The second kappa shape index (κ2) is 4.82. The molecule has 0 saturated carbocycles. The fourth-order valence-corrected chi connectivity index (χ4v) is 2.16. The molecule has 0 saturated heterocycles. The van der Waals surface area contributed by atoms with Gasteiger partial charge in [-0.15, -0.1) is 0 Å². The molecule has 1 aliphatic rings. The molecule has 1 aromatic carbocycles. The van der Waals surface area contributed by atoms with Crippen molar-refractivity contribution in [2.45, 2.75) is 25.4 Å². The minimum Gasteiger partial charge on any atom is -0.388 e. The van der Waals surface area contributed by atoms with E-state index in [1.165, 1.54) is 0 Å². The van der Waals surface area contributed by atoms with Gasteiger partial charge in [-0.2, -0.15) is 0 Å². The smallest absolute Gasteiger partial charge is 0.0821 e. The molecule has 2 heteroatoms. The van der Waals surface area contributed by atoms with Crippen LogP contribution in [0.2, 0.25) is 5.02 Å². The van der Waals surface area contributed by atoms with Crippen molar-refractivity contribution in [2.24, 2.45) is 5.92 Å². The zero-order chi connectivity index (χ0) is 10.7. The maximum atomic E-state index is 10.2. The van der Waals surface area contributed by atoms with Gasteiger partial charge < -0.3 is 5.11 Å². The molecule has 80 valence electrons. The molecule has 2 atom stereocenters. The van der Waals surface area contributed by atoms with Crippen LogP contribution < -0.4 is 0 Å². The first-order valence-electron chi connectivity index (χ1n) is 5.36. The molecule has 0 spiro atoms. The van der Waals surface area contributed by atoms with E-state index in [0.29, 0.717) is 5.92 Å². The predicted octanol–water partition coefficient (Wildman–Crippen LogP) is 3.73. The summed E-state index contributed by atoms with van der Waals surface area (Å²) in [5.74, 6) is 0.358. The van der Waals surface area contributed by atoms with Gasteiger partial charge in [0.1, 0.15) is 0 Å². The van der Waals surface area contributed by atoms with E-state index in [1.807, 2.05) is 24.3 Å². The molecule has 1 aromatic rings. The van der Waals surface area contributed by atoms with Gasteiger partial charge in [0.2, 0.25) is 0 Å². The molecule has 15 heavy (non-hydrogen) atoms. The summed E-state index contributed by atoms with van der Waals surface area (Å²) in [4.78, 5) is 0. The summed E-state index contributed by atoms with van der Waals surface area (Å²) in [6.45, 7) is 0. The fraction of sp³-hybridized carbons (Fsp3) is 0.385. The largest absolute Gasteiger partial charge is 0.388 e. The van der Waals surface area contributed by atoms with Crippen LogP contribution in [-0.4, -0.2) is 5.11 Å². The Hall–Kier alpha value is -0.790. The molecular formula is C13H15ClO. The van der Waals surface area contributed by atoms with Crippen LogP contribution in [0.5, 0.6) is 0 Å². The molecule has 2 unspecified atom stereocenters. The molecule has 0 heterocycles. The van der Waals surface area contributed by atoms with Crippen LogP contribution in [0.25, 0.3) is 0 Å². The van der Waals surface area contributed by atoms with Crippen molar-refractivity contribution in [1.82, 2.24) is 0 Å². The third-order valence-corrected chi connectivity index (χ3v) is 3.22. The summed E-state index contributed by atoms with van der Waals surface area (Å²) in [7, 11) is 0. The van der Waals surface area contributed by atoms with Gasteiger partial charge in [-0.3, -0.25) is 0 Å². The van der Waals surface area contributed by atoms with E-state index in [1.54, 1.807) is 0 Å². The Morgan fingerprint density at radius 1 is 1.20 bits per heavy atom. The lowest BCUT2D eigenvalue weighted by Gasteiger charge is -2.24. The average Bonchev–Trinajstić information content (AvgIpc) is 2.30. The van der Waals surface area contributed by atoms with Gasteiger partial charge in [0.05, 0.1) is 6.10 Å². The molecule has 0 aromatic heterocycles. The Morgan fingerprint density at radius 2 is 1.93 bits per heavy atom. The maximum Gasteiger partial charge on any atom is 0.0821 e. The van der Waals surface area contributed by atoms with Gasteiger partial charge >= 0.3 is 0 Å². The van der Waals surface area contributed by atoms with E-state index >= 15 is 0 Å². The molecule has 0 radical (unpaired) electrons. The molecule has 0 amide bonds. The Labute approximate surface area is 95.4 Å². The van der Waals surface area contributed by atoms with E-state index in [9.17, 15) is 5.11 Å². The number of hydrogen-bond acceptors (Lipinski definition) is 1. The van der Waals surface area contributed by atoms with E-state index in [-0.39, 0.29) is 6.10 Å². The number of aliphatic hydroxyl groups excluding tert-OH is 1. The minimum absolute atomic E-state index is 0.354. The lowest BCUT2D eigenvalue weighted by Crippen LogP contribution is -2.13. The molecule has 1 N–H and O–H groups in total. The normalized spacial score (nSPS) is 22.7. The average molecular weight is 223 g/mol. The Kier molecular flexibility index (Phi) is 3.45. The maximum absolute atomic E-state index is 10.2. The predicted molar refractivity (Wildman–Crippen MR) is 62.9 cm³/mol. The monoisotopic (exact) mass is 222 g/mol. The van der Waals surface area contributed by atoms with Gasteiger partial charge in [0.15, 0.2) is 0 Å². The number of halogens is 1. The highest BCUT2D eigenvalue weighted by Crippen LogP contribution is 2.31. The van der Waals surface area contributed by atoms with Crippen LogP contribution in [0, 0.1) is 5.92 Å². The molecule has 0 fully saturated rings. The summed E-state index contributed by atoms with van der Waals surface area (Å²) < 4.78 is 0. The van der Waals surface area contributed by atoms with Crippen LogP contribution in [0.15, 0.2) is 36.4 Å². The highest BCUT2D eigenvalue weighted by Gasteiger charge is 2.20. The summed E-state index contributed by atoms with van der Waals surface area (Å²) >= 11 is 5.81. The molecule has 1 nitrogen and oxygen atoms in total. The van der Waals surface area contributed by atoms with Crippen LogP contribution >= 0.6 is 11.6 Å². The van der Waals surface area contributed by atoms with E-state index in [2.05, 4.69) is 12.2 Å². The summed E-state index contributed by atoms with van der Waals surface area (Å²) in [6.07, 6.45) is 7.12. The van der Waals surface area contributed by atoms with Gasteiger partial charge in [-0.05, 0) is 42.9 Å². The van der Waals surface area contributed by atoms with Gasteiger partial charge in [0.25, 0.3) is 0 Å². The highest BCUT2D eigenvalue weighted by atomic mass is 35.5. The van der Waals surface area contributed by atoms with E-state index in [4.69, 9.17) is 11.6 Å².